The predicted molar refractivity (Wildman–Crippen MR) is 86.9 cm³/mol. The molecule has 0 radical (unpaired) electrons. The van der Waals surface area contributed by atoms with Crippen molar-refractivity contribution in [3.63, 3.8) is 0 Å². The first-order chi connectivity index (χ1) is 11.9. The minimum absolute atomic E-state index is 0.0139. The van der Waals surface area contributed by atoms with Gasteiger partial charge in [-0.05, 0) is 37.6 Å². The molecular formula is C18H18F2N2O3. The Morgan fingerprint density at radius 1 is 1.32 bits per heavy atom. The van der Waals surface area contributed by atoms with Crippen molar-refractivity contribution < 1.29 is 18.7 Å². The smallest absolute Gasteiger partial charge is 0.253 e. The van der Waals surface area contributed by atoms with Crippen LogP contribution >= 0.6 is 0 Å². The van der Waals surface area contributed by atoms with Crippen molar-refractivity contribution in [3.8, 4) is 0 Å². The highest BCUT2D eigenvalue weighted by atomic mass is 19.1. The van der Waals surface area contributed by atoms with E-state index in [4.69, 9.17) is 0 Å². The molecule has 132 valence electrons. The van der Waals surface area contributed by atoms with E-state index in [1.54, 1.807) is 19.1 Å². The fourth-order valence-electron chi connectivity index (χ4n) is 3.17. The number of likely N-dealkylation sites (tertiary alicyclic amines) is 1. The average Bonchev–Trinajstić information content (AvgIpc) is 2.96. The Bertz CT molecular complexity index is 866. The molecule has 1 amide bonds. The van der Waals surface area contributed by atoms with Gasteiger partial charge in [-0.3, -0.25) is 9.59 Å². The van der Waals surface area contributed by atoms with Gasteiger partial charge in [0.15, 0.2) is 0 Å². The largest absolute Gasteiger partial charge is 0.391 e. The van der Waals surface area contributed by atoms with Gasteiger partial charge in [-0.25, -0.2) is 8.78 Å². The summed E-state index contributed by atoms with van der Waals surface area (Å²) in [5.41, 5.74) is 0.245. The van der Waals surface area contributed by atoms with E-state index in [0.717, 1.165) is 18.2 Å². The molecule has 2 atom stereocenters. The molecule has 0 unspecified atom stereocenters. The van der Waals surface area contributed by atoms with E-state index < -0.39 is 29.7 Å². The molecule has 2 aromatic rings. The van der Waals surface area contributed by atoms with Gasteiger partial charge >= 0.3 is 0 Å². The van der Waals surface area contributed by atoms with E-state index in [-0.39, 0.29) is 30.6 Å². The number of hydrogen-bond acceptors (Lipinski definition) is 3. The van der Waals surface area contributed by atoms with Crippen molar-refractivity contribution >= 4 is 5.91 Å². The van der Waals surface area contributed by atoms with Crippen molar-refractivity contribution in [2.45, 2.75) is 32.0 Å². The maximum Gasteiger partial charge on any atom is 0.253 e. The molecule has 0 bridgehead atoms. The number of carbonyl (C=O) groups is 1. The summed E-state index contributed by atoms with van der Waals surface area (Å²) >= 11 is 0. The van der Waals surface area contributed by atoms with Crippen molar-refractivity contribution in [1.82, 2.24) is 9.47 Å². The molecule has 1 fully saturated rings. The Morgan fingerprint density at radius 3 is 2.84 bits per heavy atom. The zero-order valence-electron chi connectivity index (χ0n) is 13.7. The summed E-state index contributed by atoms with van der Waals surface area (Å²) in [6.07, 6.45) is 0.789. The van der Waals surface area contributed by atoms with Crippen LogP contribution in [0.1, 0.15) is 23.6 Å². The van der Waals surface area contributed by atoms with E-state index in [1.165, 1.54) is 15.7 Å². The van der Waals surface area contributed by atoms with Gasteiger partial charge < -0.3 is 14.6 Å². The Labute approximate surface area is 143 Å². The number of benzene rings is 1. The van der Waals surface area contributed by atoms with Crippen LogP contribution in [0.2, 0.25) is 0 Å². The van der Waals surface area contributed by atoms with Crippen LogP contribution in [-0.4, -0.2) is 33.1 Å². The molecule has 0 saturated carbocycles. The number of aliphatic hydroxyl groups excluding tert-OH is 1. The molecule has 1 aromatic carbocycles. The second-order valence-electron chi connectivity index (χ2n) is 6.24. The van der Waals surface area contributed by atoms with Gasteiger partial charge in [0.25, 0.3) is 5.56 Å². The number of carbonyl (C=O) groups excluding carboxylic acids is 1. The zero-order valence-corrected chi connectivity index (χ0v) is 13.7. The SMILES string of the molecule is Cc1cccn(CC(=O)N2C[C@H](O)C[C@H]2c2cc(F)ccc2F)c1=O. The lowest BCUT2D eigenvalue weighted by molar-refractivity contribution is -0.133. The van der Waals surface area contributed by atoms with Crippen molar-refractivity contribution in [1.29, 1.82) is 0 Å². The third kappa shape index (κ3) is 3.46. The number of aromatic nitrogens is 1. The fraction of sp³-hybridized carbons (Fsp3) is 0.333. The summed E-state index contributed by atoms with van der Waals surface area (Å²) in [6, 6.07) is 5.59. The zero-order chi connectivity index (χ0) is 18.1. The Hall–Kier alpha value is -2.54. The molecule has 1 aromatic heterocycles. The summed E-state index contributed by atoms with van der Waals surface area (Å²) in [5.74, 6) is -1.68. The second-order valence-corrected chi connectivity index (χ2v) is 6.24. The van der Waals surface area contributed by atoms with Crippen LogP contribution in [0.25, 0.3) is 0 Å². The highest BCUT2D eigenvalue weighted by molar-refractivity contribution is 5.77. The number of amides is 1. The molecule has 1 aliphatic heterocycles. The molecule has 25 heavy (non-hydrogen) atoms. The summed E-state index contributed by atoms with van der Waals surface area (Å²) in [7, 11) is 0. The van der Waals surface area contributed by atoms with Crippen LogP contribution in [0.15, 0.2) is 41.3 Å². The summed E-state index contributed by atoms with van der Waals surface area (Å²) in [4.78, 5) is 26.0. The van der Waals surface area contributed by atoms with Crippen LogP contribution in [0.5, 0.6) is 0 Å². The maximum absolute atomic E-state index is 14.1. The first-order valence-corrected chi connectivity index (χ1v) is 7.95. The predicted octanol–water partition coefficient (Wildman–Crippen LogP) is 1.77. The fourth-order valence-corrected chi connectivity index (χ4v) is 3.17. The third-order valence-corrected chi connectivity index (χ3v) is 4.43. The normalized spacial score (nSPS) is 20.1. The Kier molecular flexibility index (Phi) is 4.67. The first-order valence-electron chi connectivity index (χ1n) is 7.95. The number of aryl methyl sites for hydroxylation is 1. The maximum atomic E-state index is 14.1. The number of halogens is 2. The number of rotatable bonds is 3. The molecule has 7 heteroatoms. The van der Waals surface area contributed by atoms with Crippen molar-refractivity contribution in [3.05, 3.63) is 69.6 Å². The number of aliphatic hydroxyl groups is 1. The molecule has 5 nitrogen and oxygen atoms in total. The number of hydrogen-bond donors (Lipinski definition) is 1. The van der Waals surface area contributed by atoms with E-state index in [9.17, 15) is 23.5 Å². The first kappa shape index (κ1) is 17.3. The highest BCUT2D eigenvalue weighted by Crippen LogP contribution is 2.34. The minimum Gasteiger partial charge on any atom is -0.391 e. The molecule has 1 saturated heterocycles. The van der Waals surface area contributed by atoms with Gasteiger partial charge in [-0.15, -0.1) is 0 Å². The molecular weight excluding hydrogens is 330 g/mol. The lowest BCUT2D eigenvalue weighted by Gasteiger charge is -2.25. The standard InChI is InChI=1S/C18H18F2N2O3/c1-11-3-2-6-21(18(11)25)10-17(24)22-9-13(23)8-16(22)14-7-12(19)4-5-15(14)20/h2-7,13,16,23H,8-10H2,1H3/t13-,16+/m1/s1. The molecule has 2 heterocycles. The van der Waals surface area contributed by atoms with Crippen LogP contribution in [0, 0.1) is 18.6 Å². The van der Waals surface area contributed by atoms with Gasteiger partial charge in [-0.2, -0.15) is 0 Å². The topological polar surface area (TPSA) is 62.5 Å². The summed E-state index contributed by atoms with van der Waals surface area (Å²) in [5, 5.41) is 9.93. The molecule has 1 N–H and O–H groups in total. The monoisotopic (exact) mass is 348 g/mol. The second kappa shape index (κ2) is 6.76. The van der Waals surface area contributed by atoms with E-state index >= 15 is 0 Å². The Morgan fingerprint density at radius 2 is 2.08 bits per heavy atom. The van der Waals surface area contributed by atoms with Crippen molar-refractivity contribution in [2.24, 2.45) is 0 Å². The molecule has 1 aliphatic rings. The number of β-amino-alcohol motifs (C(OH)–C–C–N with tert-alkyl or cyclic N) is 1. The molecule has 0 spiro atoms. The van der Waals surface area contributed by atoms with Crippen LogP contribution in [0.3, 0.4) is 0 Å². The average molecular weight is 348 g/mol. The van der Waals surface area contributed by atoms with Gasteiger partial charge in [0.1, 0.15) is 18.2 Å². The van der Waals surface area contributed by atoms with Gasteiger partial charge in [0.2, 0.25) is 5.91 Å². The summed E-state index contributed by atoms with van der Waals surface area (Å²) < 4.78 is 28.8. The lowest BCUT2D eigenvalue weighted by atomic mass is 10.0. The quantitative estimate of drug-likeness (QED) is 0.920. The third-order valence-electron chi connectivity index (χ3n) is 4.43. The number of pyridine rings is 1. The lowest BCUT2D eigenvalue weighted by Crippen LogP contribution is -2.37. The van der Waals surface area contributed by atoms with Crippen molar-refractivity contribution in [2.75, 3.05) is 6.54 Å². The highest BCUT2D eigenvalue weighted by Gasteiger charge is 2.36. The van der Waals surface area contributed by atoms with Crippen LogP contribution in [-0.2, 0) is 11.3 Å². The van der Waals surface area contributed by atoms with E-state index in [1.807, 2.05) is 0 Å². The van der Waals surface area contributed by atoms with Crippen LogP contribution in [0.4, 0.5) is 8.78 Å². The summed E-state index contributed by atoms with van der Waals surface area (Å²) in [6.45, 7) is 1.44. The molecule has 0 aliphatic carbocycles. The van der Waals surface area contributed by atoms with Crippen LogP contribution < -0.4 is 5.56 Å². The molecule has 3 rings (SSSR count). The van der Waals surface area contributed by atoms with Gasteiger partial charge in [0.05, 0.1) is 12.1 Å². The van der Waals surface area contributed by atoms with Gasteiger partial charge in [0, 0.05) is 23.9 Å². The Balaban J connectivity index is 1.89. The van der Waals surface area contributed by atoms with E-state index in [2.05, 4.69) is 0 Å². The van der Waals surface area contributed by atoms with E-state index in [0.29, 0.717) is 5.56 Å². The minimum atomic E-state index is -0.828. The van der Waals surface area contributed by atoms with Gasteiger partial charge in [-0.1, -0.05) is 6.07 Å². The number of nitrogens with zero attached hydrogens (tertiary/aromatic N) is 2.